The van der Waals surface area contributed by atoms with E-state index in [2.05, 4.69) is 168 Å². The first kappa shape index (κ1) is 43.5. The minimum absolute atomic E-state index is 0. The van der Waals surface area contributed by atoms with Crippen LogP contribution in [0.3, 0.4) is 0 Å². The maximum atomic E-state index is 2.38. The molecule has 0 nitrogen and oxygen atoms in total. The number of rotatable bonds is 6. The van der Waals surface area contributed by atoms with E-state index in [4.69, 9.17) is 0 Å². The van der Waals surface area contributed by atoms with E-state index in [0.29, 0.717) is 20.6 Å². The van der Waals surface area contributed by atoms with Crippen LogP contribution in [0.1, 0.15) is 94.2 Å². The van der Waals surface area contributed by atoms with Crippen LogP contribution in [0.15, 0.2) is 72.8 Å². The van der Waals surface area contributed by atoms with Crippen molar-refractivity contribution in [3.05, 3.63) is 83.9 Å². The molecule has 0 spiro atoms. The van der Waals surface area contributed by atoms with Crippen LogP contribution in [0, 0.1) is 0 Å². The van der Waals surface area contributed by atoms with Gasteiger partial charge in [0, 0.05) is 0 Å². The predicted molar refractivity (Wildman–Crippen MR) is 174 cm³/mol. The fraction of sp³-hybridized carbons (Fsp3) is 0.529. The van der Waals surface area contributed by atoms with Crippen LogP contribution in [0.2, 0.25) is 0 Å². The zero-order valence-corrected chi connectivity index (χ0v) is 31.3. The van der Waals surface area contributed by atoms with E-state index in [1.54, 1.807) is 0 Å². The quantitative estimate of drug-likeness (QED) is 0.274. The summed E-state index contributed by atoms with van der Waals surface area (Å²) in [5, 5.41) is 1.65. The molecule has 0 aromatic heterocycles. The third kappa shape index (κ3) is 18.2. The third-order valence-electron chi connectivity index (χ3n) is 6.03. The van der Waals surface area contributed by atoms with Crippen molar-refractivity contribution in [2.24, 2.45) is 0 Å². The van der Waals surface area contributed by atoms with Gasteiger partial charge < -0.3 is 24.8 Å². The van der Waals surface area contributed by atoms with E-state index in [0.717, 1.165) is 0 Å². The van der Waals surface area contributed by atoms with Crippen LogP contribution < -0.4 is 24.8 Å². The van der Waals surface area contributed by atoms with Crippen LogP contribution in [-0.2, 0) is 20.4 Å². The van der Waals surface area contributed by atoms with E-state index in [1.807, 2.05) is 0 Å². The van der Waals surface area contributed by atoms with Gasteiger partial charge in [-0.05, 0) is 44.1 Å². The van der Waals surface area contributed by atoms with Gasteiger partial charge in [0.2, 0.25) is 0 Å². The molecule has 0 amide bonds. The SMILES string of the molecule is CC(C)(C)P(CC=Cc1ccccc1)C(C)(C)C.CC(C)(C)P(CC=Cc1ccccc1)C(C)(C)C.[Cl-].[Cl-].[Pd+2]. The fourth-order valence-electron chi connectivity index (χ4n) is 4.82. The van der Waals surface area contributed by atoms with Crippen molar-refractivity contribution in [2.45, 2.75) is 104 Å². The molecule has 0 saturated heterocycles. The molecule has 0 aliphatic carbocycles. The molecular weight excluding hydrogens is 648 g/mol. The summed E-state index contributed by atoms with van der Waals surface area (Å²) >= 11 is 0. The number of benzene rings is 2. The maximum Gasteiger partial charge on any atom is 2.00 e. The van der Waals surface area contributed by atoms with E-state index >= 15 is 0 Å². The van der Waals surface area contributed by atoms with Gasteiger partial charge in [-0.1, -0.05) is 184 Å². The van der Waals surface area contributed by atoms with Crippen LogP contribution in [0.5, 0.6) is 0 Å². The summed E-state index contributed by atoms with van der Waals surface area (Å²) in [4.78, 5) is 0. The molecule has 2 aromatic carbocycles. The Bertz CT molecular complexity index is 822. The summed E-state index contributed by atoms with van der Waals surface area (Å²) in [6, 6.07) is 21.1. The smallest absolute Gasteiger partial charge is 1.00 e. The minimum Gasteiger partial charge on any atom is -1.00 e. The molecule has 0 aliphatic heterocycles. The third-order valence-corrected chi connectivity index (χ3v) is 13.7. The summed E-state index contributed by atoms with van der Waals surface area (Å²) in [7, 11) is -0.0516. The number of hydrogen-bond acceptors (Lipinski definition) is 0. The van der Waals surface area contributed by atoms with Crippen molar-refractivity contribution >= 4 is 28.0 Å². The Morgan fingerprint density at radius 2 is 0.692 bits per heavy atom. The summed E-state index contributed by atoms with van der Waals surface area (Å²) < 4.78 is 0. The summed E-state index contributed by atoms with van der Waals surface area (Å²) in [5.74, 6) is 0. The number of hydrogen-bond donors (Lipinski definition) is 0. The molecule has 0 atom stereocenters. The molecule has 0 aliphatic rings. The van der Waals surface area contributed by atoms with E-state index in [-0.39, 0.29) is 61.1 Å². The Kier molecular flexibility index (Phi) is 21.5. The first-order valence-corrected chi connectivity index (χ1v) is 16.5. The van der Waals surface area contributed by atoms with Gasteiger partial charge in [0.25, 0.3) is 0 Å². The Morgan fingerprint density at radius 1 is 0.462 bits per heavy atom. The van der Waals surface area contributed by atoms with Gasteiger partial charge in [-0.15, -0.1) is 0 Å². The molecule has 0 radical (unpaired) electrons. The molecule has 0 bridgehead atoms. The largest absolute Gasteiger partial charge is 2.00 e. The molecule has 0 saturated carbocycles. The Balaban J connectivity index is -0.000000617. The molecule has 2 rings (SSSR count). The van der Waals surface area contributed by atoms with E-state index in [1.165, 1.54) is 23.5 Å². The fourth-order valence-corrected chi connectivity index (χ4v) is 11.7. The molecule has 224 valence electrons. The Labute approximate surface area is 271 Å². The average molecular weight is 702 g/mol. The summed E-state index contributed by atoms with van der Waals surface area (Å²) in [5.41, 5.74) is 2.60. The molecule has 5 heteroatoms. The van der Waals surface area contributed by atoms with Gasteiger partial charge in [0.1, 0.15) is 0 Å². The summed E-state index contributed by atoms with van der Waals surface area (Å²) in [6.45, 7) is 28.5. The van der Waals surface area contributed by atoms with Crippen LogP contribution >= 0.6 is 15.8 Å². The number of allylic oxidation sites excluding steroid dienone is 2. The molecular formula is C34H54Cl2P2Pd. The topological polar surface area (TPSA) is 0 Å². The van der Waals surface area contributed by atoms with Crippen molar-refractivity contribution < 1.29 is 45.2 Å². The summed E-state index contributed by atoms with van der Waals surface area (Å²) in [6.07, 6.45) is 11.6. The zero-order chi connectivity index (χ0) is 27.6. The molecule has 0 unspecified atom stereocenters. The van der Waals surface area contributed by atoms with Gasteiger partial charge >= 0.3 is 20.4 Å². The minimum atomic E-state index is -0.0258. The molecule has 0 heterocycles. The van der Waals surface area contributed by atoms with Crippen molar-refractivity contribution in [1.29, 1.82) is 0 Å². The van der Waals surface area contributed by atoms with Gasteiger partial charge in [-0.2, -0.15) is 0 Å². The second-order valence-corrected chi connectivity index (χ2v) is 21.3. The van der Waals surface area contributed by atoms with E-state index < -0.39 is 0 Å². The van der Waals surface area contributed by atoms with Crippen molar-refractivity contribution in [3.63, 3.8) is 0 Å². The Morgan fingerprint density at radius 3 is 0.897 bits per heavy atom. The first-order valence-electron chi connectivity index (χ1n) is 13.4. The van der Waals surface area contributed by atoms with Crippen LogP contribution in [0.4, 0.5) is 0 Å². The van der Waals surface area contributed by atoms with Gasteiger partial charge in [-0.25, -0.2) is 0 Å². The van der Waals surface area contributed by atoms with Gasteiger partial charge in [0.15, 0.2) is 0 Å². The van der Waals surface area contributed by atoms with Crippen molar-refractivity contribution in [2.75, 3.05) is 12.3 Å². The Hall–Kier alpha value is 0.0223. The second kappa shape index (κ2) is 19.3. The number of halogens is 2. The molecule has 0 N–H and O–H groups in total. The van der Waals surface area contributed by atoms with Gasteiger partial charge in [-0.3, -0.25) is 0 Å². The monoisotopic (exact) mass is 700 g/mol. The average Bonchev–Trinajstić information content (AvgIpc) is 2.73. The second-order valence-electron chi connectivity index (χ2n) is 13.5. The van der Waals surface area contributed by atoms with Gasteiger partial charge in [0.05, 0.1) is 0 Å². The van der Waals surface area contributed by atoms with Crippen molar-refractivity contribution in [3.8, 4) is 0 Å². The molecule has 2 aromatic rings. The standard InChI is InChI=1S/2C17H27P.2ClH.Pd/c2*1-16(2,3)18(17(4,5)6)14-10-13-15-11-8-7-9-12-15;;;/h2*7-13H,14H2,1-6H3;2*1H;/q;;;;+2/p-2. The predicted octanol–water partition coefficient (Wildman–Crippen LogP) is 5.56. The molecule has 39 heavy (non-hydrogen) atoms. The molecule has 0 fully saturated rings. The van der Waals surface area contributed by atoms with Crippen LogP contribution in [0.25, 0.3) is 12.2 Å². The van der Waals surface area contributed by atoms with Crippen LogP contribution in [-0.4, -0.2) is 32.9 Å². The van der Waals surface area contributed by atoms with E-state index in [9.17, 15) is 0 Å². The van der Waals surface area contributed by atoms with Crippen molar-refractivity contribution in [1.82, 2.24) is 0 Å². The normalized spacial score (nSPS) is 12.5. The first-order chi connectivity index (χ1) is 16.4. The zero-order valence-electron chi connectivity index (χ0n) is 26.5. The maximum absolute atomic E-state index is 2.38.